The standard InChI is InChI=1S/C11H15NOS/c1-7-3-4-11-9(5-7)10(12)6-8(2)14(11)13/h3-5,8,10H,6,12H2,1-2H3. The van der Waals surface area contributed by atoms with Crippen LogP contribution in [0.3, 0.4) is 0 Å². The molecule has 1 aliphatic heterocycles. The lowest BCUT2D eigenvalue weighted by molar-refractivity contribution is 0.591. The van der Waals surface area contributed by atoms with Gasteiger partial charge in [-0.25, -0.2) is 0 Å². The lowest BCUT2D eigenvalue weighted by Crippen LogP contribution is -2.27. The predicted molar refractivity (Wildman–Crippen MR) is 58.6 cm³/mol. The van der Waals surface area contributed by atoms with E-state index in [1.54, 1.807) is 0 Å². The van der Waals surface area contributed by atoms with Gasteiger partial charge >= 0.3 is 0 Å². The summed E-state index contributed by atoms with van der Waals surface area (Å²) in [6.07, 6.45) is 0.822. The van der Waals surface area contributed by atoms with Crippen LogP contribution < -0.4 is 5.73 Å². The zero-order valence-corrected chi connectivity index (χ0v) is 9.30. The third kappa shape index (κ3) is 1.51. The first-order valence-corrected chi connectivity index (χ1v) is 6.07. The van der Waals surface area contributed by atoms with Crippen LogP contribution in [0.5, 0.6) is 0 Å². The van der Waals surface area contributed by atoms with Crippen LogP contribution in [0.15, 0.2) is 23.1 Å². The molecular weight excluding hydrogens is 194 g/mol. The first-order valence-electron chi connectivity index (χ1n) is 4.86. The van der Waals surface area contributed by atoms with Crippen LogP contribution in [0.4, 0.5) is 0 Å². The van der Waals surface area contributed by atoms with Crippen LogP contribution in [0, 0.1) is 6.92 Å². The molecule has 2 nitrogen and oxygen atoms in total. The van der Waals surface area contributed by atoms with Gasteiger partial charge in [-0.1, -0.05) is 24.6 Å². The highest BCUT2D eigenvalue weighted by molar-refractivity contribution is 7.85. The molecule has 14 heavy (non-hydrogen) atoms. The molecule has 1 aliphatic rings. The van der Waals surface area contributed by atoms with E-state index in [2.05, 4.69) is 6.07 Å². The number of nitrogens with two attached hydrogens (primary N) is 1. The zero-order valence-electron chi connectivity index (χ0n) is 8.49. The summed E-state index contributed by atoms with van der Waals surface area (Å²) in [6.45, 7) is 4.03. The van der Waals surface area contributed by atoms with Gasteiger partial charge in [0.2, 0.25) is 0 Å². The van der Waals surface area contributed by atoms with Crippen molar-refractivity contribution in [2.75, 3.05) is 0 Å². The molecule has 0 spiro atoms. The van der Waals surface area contributed by atoms with Gasteiger partial charge in [-0.3, -0.25) is 4.21 Å². The average molecular weight is 209 g/mol. The molecule has 3 atom stereocenters. The van der Waals surface area contributed by atoms with Crippen LogP contribution in [0.1, 0.15) is 30.5 Å². The minimum absolute atomic E-state index is 0.0533. The molecule has 0 saturated carbocycles. The monoisotopic (exact) mass is 209 g/mol. The van der Waals surface area contributed by atoms with E-state index < -0.39 is 10.8 Å². The fraction of sp³-hybridized carbons (Fsp3) is 0.455. The minimum Gasteiger partial charge on any atom is -0.324 e. The number of aryl methyl sites for hydroxylation is 1. The van der Waals surface area contributed by atoms with Crippen molar-refractivity contribution in [3.05, 3.63) is 29.3 Å². The van der Waals surface area contributed by atoms with Crippen molar-refractivity contribution >= 4 is 10.8 Å². The second-order valence-corrected chi connectivity index (χ2v) is 5.83. The van der Waals surface area contributed by atoms with Crippen molar-refractivity contribution in [1.29, 1.82) is 0 Å². The number of hydrogen-bond donors (Lipinski definition) is 1. The Labute approximate surface area is 87.0 Å². The van der Waals surface area contributed by atoms with Crippen LogP contribution in [0.25, 0.3) is 0 Å². The Morgan fingerprint density at radius 1 is 1.50 bits per heavy atom. The fourth-order valence-corrected chi connectivity index (χ4v) is 3.39. The predicted octanol–water partition coefficient (Wildman–Crippen LogP) is 1.89. The Balaban J connectivity index is 2.56. The summed E-state index contributed by atoms with van der Waals surface area (Å²) >= 11 is 0. The molecule has 2 N–H and O–H groups in total. The maximum atomic E-state index is 11.9. The quantitative estimate of drug-likeness (QED) is 0.709. The summed E-state index contributed by atoms with van der Waals surface area (Å²) in [5.41, 5.74) is 8.29. The summed E-state index contributed by atoms with van der Waals surface area (Å²) in [6, 6.07) is 6.07. The number of hydrogen-bond acceptors (Lipinski definition) is 2. The Bertz CT molecular complexity index is 389. The van der Waals surface area contributed by atoms with Gasteiger partial charge in [-0.2, -0.15) is 0 Å². The van der Waals surface area contributed by atoms with Crippen molar-refractivity contribution in [3.63, 3.8) is 0 Å². The SMILES string of the molecule is Cc1ccc2c(c1)C(N)CC(C)S2=O. The second-order valence-electron chi connectivity index (χ2n) is 3.99. The fourth-order valence-electron chi connectivity index (χ4n) is 1.93. The highest BCUT2D eigenvalue weighted by atomic mass is 32.2. The van der Waals surface area contributed by atoms with E-state index in [0.29, 0.717) is 0 Å². The maximum absolute atomic E-state index is 11.9. The van der Waals surface area contributed by atoms with Crippen LogP contribution in [-0.2, 0) is 10.8 Å². The Morgan fingerprint density at radius 3 is 2.93 bits per heavy atom. The number of rotatable bonds is 0. The van der Waals surface area contributed by atoms with E-state index in [0.717, 1.165) is 16.9 Å². The van der Waals surface area contributed by atoms with E-state index >= 15 is 0 Å². The van der Waals surface area contributed by atoms with Gasteiger partial charge in [0.25, 0.3) is 0 Å². The molecule has 3 unspecified atom stereocenters. The summed E-state index contributed by atoms with van der Waals surface area (Å²) in [7, 11) is -0.869. The Morgan fingerprint density at radius 2 is 2.21 bits per heavy atom. The van der Waals surface area contributed by atoms with Crippen LogP contribution in [-0.4, -0.2) is 9.46 Å². The van der Waals surface area contributed by atoms with Crippen molar-refractivity contribution in [1.82, 2.24) is 0 Å². The van der Waals surface area contributed by atoms with Crippen molar-refractivity contribution < 1.29 is 4.21 Å². The third-order valence-corrected chi connectivity index (χ3v) is 4.46. The molecule has 0 fully saturated rings. The topological polar surface area (TPSA) is 43.1 Å². The highest BCUT2D eigenvalue weighted by Gasteiger charge is 2.27. The van der Waals surface area contributed by atoms with Gasteiger partial charge in [0, 0.05) is 16.2 Å². The summed E-state index contributed by atoms with van der Waals surface area (Å²) in [4.78, 5) is 0.932. The van der Waals surface area contributed by atoms with E-state index in [-0.39, 0.29) is 11.3 Å². The third-order valence-electron chi connectivity index (χ3n) is 2.73. The summed E-state index contributed by atoms with van der Waals surface area (Å²) in [5.74, 6) is 0. The van der Waals surface area contributed by atoms with Crippen molar-refractivity contribution in [2.45, 2.75) is 36.5 Å². The molecule has 0 bridgehead atoms. The van der Waals surface area contributed by atoms with Gasteiger partial charge < -0.3 is 5.73 Å². The first kappa shape index (κ1) is 9.87. The largest absolute Gasteiger partial charge is 0.324 e. The van der Waals surface area contributed by atoms with Gasteiger partial charge in [0.15, 0.2) is 0 Å². The van der Waals surface area contributed by atoms with E-state index in [1.165, 1.54) is 5.56 Å². The van der Waals surface area contributed by atoms with Gasteiger partial charge in [-0.05, 0) is 25.0 Å². The molecule has 0 radical (unpaired) electrons. The van der Waals surface area contributed by atoms with Gasteiger partial charge in [-0.15, -0.1) is 0 Å². The normalized spacial score (nSPS) is 31.2. The minimum atomic E-state index is -0.869. The lowest BCUT2D eigenvalue weighted by atomic mass is 10.0. The van der Waals surface area contributed by atoms with E-state index in [4.69, 9.17) is 5.73 Å². The smallest absolute Gasteiger partial charge is 0.0562 e. The highest BCUT2D eigenvalue weighted by Crippen LogP contribution is 2.32. The van der Waals surface area contributed by atoms with Crippen LogP contribution >= 0.6 is 0 Å². The number of fused-ring (bicyclic) bond motifs is 1. The summed E-state index contributed by atoms with van der Waals surface area (Å²) < 4.78 is 11.9. The van der Waals surface area contributed by atoms with Gasteiger partial charge in [0.05, 0.1) is 10.8 Å². The molecule has 1 aromatic carbocycles. The molecular formula is C11H15NOS. The molecule has 1 aromatic rings. The van der Waals surface area contributed by atoms with Crippen molar-refractivity contribution in [2.24, 2.45) is 5.73 Å². The first-order chi connectivity index (χ1) is 6.59. The molecule has 1 heterocycles. The number of benzene rings is 1. The molecule has 0 aromatic heterocycles. The Hall–Kier alpha value is -0.670. The van der Waals surface area contributed by atoms with E-state index in [9.17, 15) is 4.21 Å². The van der Waals surface area contributed by atoms with Crippen molar-refractivity contribution in [3.8, 4) is 0 Å². The molecule has 0 aliphatic carbocycles. The van der Waals surface area contributed by atoms with Gasteiger partial charge in [0.1, 0.15) is 0 Å². The second kappa shape index (κ2) is 3.48. The molecule has 2 rings (SSSR count). The molecule has 3 heteroatoms. The Kier molecular flexibility index (Phi) is 2.45. The molecule has 76 valence electrons. The molecule has 0 saturated heterocycles. The van der Waals surface area contributed by atoms with E-state index in [1.807, 2.05) is 26.0 Å². The average Bonchev–Trinajstić information content (AvgIpc) is 2.14. The lowest BCUT2D eigenvalue weighted by Gasteiger charge is -2.26. The maximum Gasteiger partial charge on any atom is 0.0562 e. The molecule has 0 amide bonds. The summed E-state index contributed by atoms with van der Waals surface area (Å²) in [5, 5.41) is 0.181. The zero-order chi connectivity index (χ0) is 10.3. The van der Waals surface area contributed by atoms with Crippen LogP contribution in [0.2, 0.25) is 0 Å².